The van der Waals surface area contributed by atoms with Gasteiger partial charge in [0.25, 0.3) is 0 Å². The van der Waals surface area contributed by atoms with Crippen molar-refractivity contribution < 1.29 is 0 Å². The summed E-state index contributed by atoms with van der Waals surface area (Å²) in [5.41, 5.74) is 0. The Bertz CT molecular complexity index is 184. The Hall–Kier alpha value is -0.0400. The van der Waals surface area contributed by atoms with Crippen LogP contribution < -0.4 is 5.32 Å². The number of hydrogen-bond acceptors (Lipinski definition) is 1. The van der Waals surface area contributed by atoms with E-state index in [1.54, 1.807) is 25.7 Å². The summed E-state index contributed by atoms with van der Waals surface area (Å²) < 4.78 is 0. The highest BCUT2D eigenvalue weighted by molar-refractivity contribution is 4.90. The molecule has 0 aromatic heterocycles. The molecule has 4 unspecified atom stereocenters. The molecule has 1 N–H and O–H groups in total. The lowest BCUT2D eigenvalue weighted by atomic mass is 9.81. The number of hydrogen-bond donors (Lipinski definition) is 1. The molecule has 1 nitrogen and oxygen atoms in total. The van der Waals surface area contributed by atoms with Crippen molar-refractivity contribution in [2.24, 2.45) is 23.7 Å². The molecule has 2 saturated carbocycles. The third kappa shape index (κ3) is 2.75. The van der Waals surface area contributed by atoms with Crippen molar-refractivity contribution in [3.05, 3.63) is 0 Å². The van der Waals surface area contributed by atoms with E-state index in [4.69, 9.17) is 0 Å². The average molecular weight is 209 g/mol. The maximum Gasteiger partial charge on any atom is -0.00234 e. The lowest BCUT2D eigenvalue weighted by Gasteiger charge is -2.26. The van der Waals surface area contributed by atoms with E-state index in [1.807, 2.05) is 0 Å². The van der Waals surface area contributed by atoms with Gasteiger partial charge >= 0.3 is 0 Å². The molecule has 4 atom stereocenters. The largest absolute Gasteiger partial charge is 0.319 e. The summed E-state index contributed by atoms with van der Waals surface area (Å²) in [7, 11) is 2.10. The van der Waals surface area contributed by atoms with Gasteiger partial charge in [-0.25, -0.2) is 0 Å². The van der Waals surface area contributed by atoms with Gasteiger partial charge in [0.2, 0.25) is 0 Å². The van der Waals surface area contributed by atoms with E-state index in [1.165, 1.54) is 25.8 Å². The Kier molecular flexibility index (Phi) is 4.07. The zero-order chi connectivity index (χ0) is 10.7. The van der Waals surface area contributed by atoms with Crippen molar-refractivity contribution >= 4 is 0 Å². The van der Waals surface area contributed by atoms with E-state index >= 15 is 0 Å². The molecule has 2 rings (SSSR count). The van der Waals surface area contributed by atoms with Crippen LogP contribution in [0.3, 0.4) is 0 Å². The van der Waals surface area contributed by atoms with Gasteiger partial charge in [0.05, 0.1) is 0 Å². The van der Waals surface area contributed by atoms with Gasteiger partial charge in [0.15, 0.2) is 0 Å². The summed E-state index contributed by atoms with van der Waals surface area (Å²) >= 11 is 0. The lowest BCUT2D eigenvalue weighted by Crippen LogP contribution is -2.23. The fraction of sp³-hybridized carbons (Fsp3) is 1.00. The van der Waals surface area contributed by atoms with Crippen LogP contribution in [-0.4, -0.2) is 13.6 Å². The second-order valence-electron chi connectivity index (χ2n) is 5.88. The molecule has 2 fully saturated rings. The first kappa shape index (κ1) is 11.4. The van der Waals surface area contributed by atoms with Crippen LogP contribution in [0, 0.1) is 23.7 Å². The fourth-order valence-electron chi connectivity index (χ4n) is 4.09. The Morgan fingerprint density at radius 3 is 2.67 bits per heavy atom. The molecular formula is C14H27N. The van der Waals surface area contributed by atoms with Gasteiger partial charge in [0, 0.05) is 0 Å². The molecular weight excluding hydrogens is 182 g/mol. The molecule has 88 valence electrons. The smallest absolute Gasteiger partial charge is 0.00234 e. The van der Waals surface area contributed by atoms with Crippen LogP contribution in [0.25, 0.3) is 0 Å². The average Bonchev–Trinajstić information content (AvgIpc) is 2.80. The first-order chi connectivity index (χ1) is 7.33. The van der Waals surface area contributed by atoms with Crippen LogP contribution in [0.1, 0.15) is 51.9 Å². The molecule has 2 aliphatic carbocycles. The minimum absolute atomic E-state index is 0.948. The van der Waals surface area contributed by atoms with Crippen molar-refractivity contribution in [1.82, 2.24) is 5.32 Å². The second-order valence-corrected chi connectivity index (χ2v) is 5.88. The van der Waals surface area contributed by atoms with Crippen molar-refractivity contribution in [1.29, 1.82) is 0 Å². The highest BCUT2D eigenvalue weighted by Gasteiger charge is 2.39. The van der Waals surface area contributed by atoms with Gasteiger partial charge in [-0.2, -0.15) is 0 Å². The van der Waals surface area contributed by atoms with Gasteiger partial charge in [-0.15, -0.1) is 0 Å². The van der Waals surface area contributed by atoms with E-state index in [-0.39, 0.29) is 0 Å². The summed E-state index contributed by atoms with van der Waals surface area (Å²) in [4.78, 5) is 0. The van der Waals surface area contributed by atoms with Crippen LogP contribution >= 0.6 is 0 Å². The molecule has 0 saturated heterocycles. The van der Waals surface area contributed by atoms with Gasteiger partial charge < -0.3 is 5.32 Å². The normalized spacial score (nSPS) is 36.0. The first-order valence-corrected chi connectivity index (χ1v) is 6.98. The zero-order valence-electron chi connectivity index (χ0n) is 10.5. The summed E-state index contributed by atoms with van der Waals surface area (Å²) in [6.07, 6.45) is 10.5. The SMILES string of the molecule is CCCC(CNC)CC1CC2CCC1C2. The van der Waals surface area contributed by atoms with Gasteiger partial charge in [-0.05, 0) is 69.4 Å². The van der Waals surface area contributed by atoms with Gasteiger partial charge in [-0.3, -0.25) is 0 Å². The minimum atomic E-state index is 0.948. The van der Waals surface area contributed by atoms with E-state index < -0.39 is 0 Å². The molecule has 0 aliphatic heterocycles. The summed E-state index contributed by atoms with van der Waals surface area (Å²) in [5, 5.41) is 3.37. The predicted octanol–water partition coefficient (Wildman–Crippen LogP) is 3.45. The fourth-order valence-corrected chi connectivity index (χ4v) is 4.09. The van der Waals surface area contributed by atoms with Crippen molar-refractivity contribution in [3.8, 4) is 0 Å². The highest BCUT2D eigenvalue weighted by atomic mass is 14.8. The molecule has 0 amide bonds. The topological polar surface area (TPSA) is 12.0 Å². The summed E-state index contributed by atoms with van der Waals surface area (Å²) in [6.45, 7) is 3.56. The molecule has 2 bridgehead atoms. The highest BCUT2D eigenvalue weighted by Crippen LogP contribution is 2.50. The number of nitrogens with one attached hydrogen (secondary N) is 1. The van der Waals surface area contributed by atoms with Crippen LogP contribution in [0.2, 0.25) is 0 Å². The van der Waals surface area contributed by atoms with Crippen LogP contribution in [-0.2, 0) is 0 Å². The Morgan fingerprint density at radius 2 is 2.13 bits per heavy atom. The maximum atomic E-state index is 3.37. The Morgan fingerprint density at radius 1 is 1.27 bits per heavy atom. The quantitative estimate of drug-likeness (QED) is 0.706. The van der Waals surface area contributed by atoms with E-state index in [9.17, 15) is 0 Å². The molecule has 0 aromatic rings. The maximum absolute atomic E-state index is 3.37. The molecule has 15 heavy (non-hydrogen) atoms. The number of rotatable bonds is 6. The third-order valence-electron chi connectivity index (χ3n) is 4.71. The monoisotopic (exact) mass is 209 g/mol. The Labute approximate surface area is 95.0 Å². The summed E-state index contributed by atoms with van der Waals surface area (Å²) in [5.74, 6) is 4.28. The standard InChI is InChI=1S/C14H27N/c1-3-4-12(10-15-2)9-14-8-11-5-6-13(14)7-11/h11-15H,3-10H2,1-2H3. The van der Waals surface area contributed by atoms with Crippen LogP contribution in [0.15, 0.2) is 0 Å². The van der Waals surface area contributed by atoms with Crippen LogP contribution in [0.5, 0.6) is 0 Å². The lowest BCUT2D eigenvalue weighted by molar-refractivity contribution is 0.256. The molecule has 0 spiro atoms. The van der Waals surface area contributed by atoms with Gasteiger partial charge in [-0.1, -0.05) is 19.8 Å². The van der Waals surface area contributed by atoms with Crippen molar-refractivity contribution in [3.63, 3.8) is 0 Å². The van der Waals surface area contributed by atoms with Gasteiger partial charge in [0.1, 0.15) is 0 Å². The summed E-state index contributed by atoms with van der Waals surface area (Å²) in [6, 6.07) is 0. The first-order valence-electron chi connectivity index (χ1n) is 6.98. The number of fused-ring (bicyclic) bond motifs is 2. The van der Waals surface area contributed by atoms with Crippen molar-refractivity contribution in [2.75, 3.05) is 13.6 Å². The molecule has 1 heteroatoms. The van der Waals surface area contributed by atoms with Crippen molar-refractivity contribution in [2.45, 2.75) is 51.9 Å². The van der Waals surface area contributed by atoms with E-state index in [2.05, 4.69) is 19.3 Å². The molecule has 0 heterocycles. The van der Waals surface area contributed by atoms with Crippen LogP contribution in [0.4, 0.5) is 0 Å². The predicted molar refractivity (Wildman–Crippen MR) is 65.9 cm³/mol. The molecule has 2 aliphatic rings. The third-order valence-corrected chi connectivity index (χ3v) is 4.71. The minimum Gasteiger partial charge on any atom is -0.319 e. The second kappa shape index (κ2) is 5.34. The molecule has 0 radical (unpaired) electrons. The van der Waals surface area contributed by atoms with E-state index in [0.29, 0.717) is 0 Å². The Balaban J connectivity index is 1.78. The van der Waals surface area contributed by atoms with E-state index in [0.717, 1.165) is 23.7 Å². The zero-order valence-corrected chi connectivity index (χ0v) is 10.5. The molecule has 0 aromatic carbocycles.